The molecule has 2 heterocycles. The molecule has 0 bridgehead atoms. The first-order valence-corrected chi connectivity index (χ1v) is 6.76. The summed E-state index contributed by atoms with van der Waals surface area (Å²) in [6.45, 7) is 0. The van der Waals surface area contributed by atoms with Gasteiger partial charge in [0.2, 0.25) is 0 Å². The second-order valence-electron chi connectivity index (χ2n) is 4.14. The average molecular weight is 303 g/mol. The Balaban J connectivity index is 2.06. The van der Waals surface area contributed by atoms with Crippen molar-refractivity contribution in [1.82, 2.24) is 14.6 Å². The minimum absolute atomic E-state index is 0.161. The molecule has 3 rings (SSSR count). The third-order valence-electron chi connectivity index (χ3n) is 2.81. The molecule has 0 radical (unpaired) electrons. The summed E-state index contributed by atoms with van der Waals surface area (Å²) in [7, 11) is 0. The van der Waals surface area contributed by atoms with Gasteiger partial charge in [-0.1, -0.05) is 11.2 Å². The van der Waals surface area contributed by atoms with E-state index in [1.807, 2.05) is 24.4 Å². The van der Waals surface area contributed by atoms with E-state index >= 15 is 0 Å². The molecule has 0 atom stereocenters. The molecule has 0 amide bonds. The van der Waals surface area contributed by atoms with Crippen molar-refractivity contribution in [3.8, 4) is 0 Å². The van der Waals surface area contributed by atoms with Crippen LogP contribution in [0.5, 0.6) is 0 Å². The Bertz CT molecular complexity index is 832. The lowest BCUT2D eigenvalue weighted by Gasteiger charge is -2.07. The number of fused-ring (bicyclic) bond motifs is 1. The number of pyridine rings is 1. The number of benzene rings is 1. The molecular formula is C13H10FN5OS. The number of hydrogen-bond acceptors (Lipinski definition) is 5. The number of aromatic nitrogens is 3. The molecular weight excluding hydrogens is 293 g/mol. The SMILES string of the molecule is NC(=NO)c1cc(F)ccc1Sc1nnc2ccccn12. The van der Waals surface area contributed by atoms with E-state index in [0.29, 0.717) is 21.3 Å². The second-order valence-corrected chi connectivity index (χ2v) is 5.15. The maximum atomic E-state index is 13.3. The van der Waals surface area contributed by atoms with Crippen molar-refractivity contribution in [2.45, 2.75) is 10.1 Å². The van der Waals surface area contributed by atoms with Gasteiger partial charge in [-0.25, -0.2) is 4.39 Å². The van der Waals surface area contributed by atoms with Gasteiger partial charge in [0.05, 0.1) is 0 Å². The number of rotatable bonds is 3. The number of nitrogens with two attached hydrogens (primary N) is 1. The highest BCUT2D eigenvalue weighted by Gasteiger charge is 2.13. The van der Waals surface area contributed by atoms with E-state index in [-0.39, 0.29) is 5.84 Å². The summed E-state index contributed by atoms with van der Waals surface area (Å²) in [6.07, 6.45) is 1.82. The normalized spacial score (nSPS) is 12.0. The monoisotopic (exact) mass is 303 g/mol. The van der Waals surface area contributed by atoms with Gasteiger partial charge in [-0.3, -0.25) is 4.40 Å². The van der Waals surface area contributed by atoms with Crippen molar-refractivity contribution in [3.05, 3.63) is 54.0 Å². The molecule has 0 fully saturated rings. The maximum absolute atomic E-state index is 13.3. The zero-order valence-corrected chi connectivity index (χ0v) is 11.5. The van der Waals surface area contributed by atoms with E-state index in [1.165, 1.54) is 23.9 Å². The topological polar surface area (TPSA) is 88.8 Å². The quantitative estimate of drug-likeness (QED) is 0.335. The van der Waals surface area contributed by atoms with Crippen LogP contribution in [0.25, 0.3) is 5.65 Å². The molecule has 1 aromatic carbocycles. The first-order valence-electron chi connectivity index (χ1n) is 5.94. The molecule has 0 aliphatic rings. The molecule has 106 valence electrons. The van der Waals surface area contributed by atoms with Gasteiger partial charge in [0.1, 0.15) is 5.82 Å². The van der Waals surface area contributed by atoms with Crippen molar-refractivity contribution < 1.29 is 9.60 Å². The predicted molar refractivity (Wildman–Crippen MR) is 76.0 cm³/mol. The maximum Gasteiger partial charge on any atom is 0.200 e. The lowest BCUT2D eigenvalue weighted by molar-refractivity contribution is 0.318. The van der Waals surface area contributed by atoms with E-state index in [0.717, 1.165) is 0 Å². The average Bonchev–Trinajstić information content (AvgIpc) is 2.91. The van der Waals surface area contributed by atoms with Crippen LogP contribution in [0.1, 0.15) is 5.56 Å². The van der Waals surface area contributed by atoms with E-state index < -0.39 is 5.82 Å². The fourth-order valence-electron chi connectivity index (χ4n) is 1.83. The van der Waals surface area contributed by atoms with Crippen molar-refractivity contribution >= 4 is 23.2 Å². The Kier molecular flexibility index (Phi) is 3.44. The van der Waals surface area contributed by atoms with Crippen LogP contribution >= 0.6 is 11.8 Å². The summed E-state index contributed by atoms with van der Waals surface area (Å²) in [5.74, 6) is -0.627. The van der Waals surface area contributed by atoms with Gasteiger partial charge in [-0.15, -0.1) is 10.2 Å². The molecule has 2 aromatic heterocycles. The fourth-order valence-corrected chi connectivity index (χ4v) is 2.77. The first-order chi connectivity index (χ1) is 10.2. The smallest absolute Gasteiger partial charge is 0.200 e. The third kappa shape index (κ3) is 2.52. The summed E-state index contributed by atoms with van der Waals surface area (Å²) >= 11 is 1.25. The molecule has 3 N–H and O–H groups in total. The lowest BCUT2D eigenvalue weighted by Crippen LogP contribution is -2.14. The van der Waals surface area contributed by atoms with Crippen LogP contribution in [0.4, 0.5) is 4.39 Å². The Hall–Kier alpha value is -2.61. The molecule has 8 heteroatoms. The van der Waals surface area contributed by atoms with E-state index in [4.69, 9.17) is 10.9 Å². The second kappa shape index (κ2) is 5.41. The van der Waals surface area contributed by atoms with E-state index in [2.05, 4.69) is 15.4 Å². The van der Waals surface area contributed by atoms with Crippen LogP contribution in [-0.2, 0) is 0 Å². The molecule has 6 nitrogen and oxygen atoms in total. The van der Waals surface area contributed by atoms with Crippen molar-refractivity contribution in [3.63, 3.8) is 0 Å². The number of amidine groups is 1. The van der Waals surface area contributed by atoms with Gasteiger partial charge in [0.25, 0.3) is 0 Å². The molecule has 0 saturated heterocycles. The fraction of sp³-hybridized carbons (Fsp3) is 0. The minimum atomic E-state index is -0.466. The van der Waals surface area contributed by atoms with Gasteiger partial charge < -0.3 is 10.9 Å². The Morgan fingerprint density at radius 2 is 2.14 bits per heavy atom. The van der Waals surface area contributed by atoms with Crippen LogP contribution in [-0.4, -0.2) is 25.6 Å². The van der Waals surface area contributed by atoms with E-state index in [9.17, 15) is 4.39 Å². The van der Waals surface area contributed by atoms with E-state index in [1.54, 1.807) is 10.5 Å². The molecule has 21 heavy (non-hydrogen) atoms. The Morgan fingerprint density at radius 3 is 2.95 bits per heavy atom. The zero-order chi connectivity index (χ0) is 14.8. The number of oxime groups is 1. The van der Waals surface area contributed by atoms with Gasteiger partial charge in [0.15, 0.2) is 16.6 Å². The Morgan fingerprint density at radius 1 is 1.29 bits per heavy atom. The lowest BCUT2D eigenvalue weighted by atomic mass is 10.2. The van der Waals surface area contributed by atoms with Crippen molar-refractivity contribution in [1.29, 1.82) is 0 Å². The van der Waals surface area contributed by atoms with Crippen LogP contribution in [0.3, 0.4) is 0 Å². The van der Waals surface area contributed by atoms with Gasteiger partial charge in [-0.2, -0.15) is 0 Å². The summed E-state index contributed by atoms with van der Waals surface area (Å²) in [5, 5.41) is 20.4. The zero-order valence-electron chi connectivity index (χ0n) is 10.6. The predicted octanol–water partition coefficient (Wildman–Crippen LogP) is 2.11. The van der Waals surface area contributed by atoms with Crippen LogP contribution in [0.15, 0.2) is 57.8 Å². The first kappa shape index (κ1) is 13.4. The third-order valence-corrected chi connectivity index (χ3v) is 3.85. The molecule has 0 unspecified atom stereocenters. The summed E-state index contributed by atoms with van der Waals surface area (Å²) < 4.78 is 15.1. The van der Waals surface area contributed by atoms with Crippen molar-refractivity contribution in [2.75, 3.05) is 0 Å². The summed E-state index contributed by atoms with van der Waals surface area (Å²) in [4.78, 5) is 0.616. The molecule has 0 saturated carbocycles. The highest BCUT2D eigenvalue weighted by atomic mass is 32.2. The van der Waals surface area contributed by atoms with Crippen LogP contribution < -0.4 is 5.73 Å². The van der Waals surface area contributed by atoms with Gasteiger partial charge in [-0.05, 0) is 42.1 Å². The van der Waals surface area contributed by atoms with Crippen LogP contribution in [0, 0.1) is 5.82 Å². The number of hydrogen-bond donors (Lipinski definition) is 2. The summed E-state index contributed by atoms with van der Waals surface area (Å²) in [5.41, 5.74) is 6.59. The van der Waals surface area contributed by atoms with Crippen molar-refractivity contribution in [2.24, 2.45) is 10.9 Å². The standard InChI is InChI=1S/C13H10FN5OS/c14-8-4-5-10(9(7-8)12(15)18-20)21-13-17-16-11-3-1-2-6-19(11)13/h1-7,20H,(H2,15,18). The number of halogens is 1. The van der Waals surface area contributed by atoms with Gasteiger partial charge >= 0.3 is 0 Å². The minimum Gasteiger partial charge on any atom is -0.409 e. The molecule has 0 spiro atoms. The molecule has 3 aromatic rings. The molecule has 0 aliphatic heterocycles. The largest absolute Gasteiger partial charge is 0.409 e. The summed E-state index contributed by atoms with van der Waals surface area (Å²) in [6, 6.07) is 9.61. The molecule has 0 aliphatic carbocycles. The highest BCUT2D eigenvalue weighted by Crippen LogP contribution is 2.29. The highest BCUT2D eigenvalue weighted by molar-refractivity contribution is 7.99. The van der Waals surface area contributed by atoms with Gasteiger partial charge in [0, 0.05) is 16.7 Å². The Labute approximate surface area is 123 Å². The number of nitrogens with zero attached hydrogens (tertiary/aromatic N) is 4. The van der Waals surface area contributed by atoms with Crippen LogP contribution in [0.2, 0.25) is 0 Å².